The van der Waals surface area contributed by atoms with Crippen LogP contribution in [-0.4, -0.2) is 23.6 Å². The number of nitrogens with zero attached hydrogens (tertiary/aromatic N) is 1. The molecule has 1 N–H and O–H groups in total. The standard InChI is InChI=1S/C23H16BrNO6/c1-12-2-8-17(31-12)20-19(21(26)13-3-9-16-18(10-13)30-11-29-16)22(27)23(28)25(20)15-6-4-14(24)5-7-15/h2-10,20,26H,11H2,1H3/b21-19-. The number of anilines is 1. The summed E-state index contributed by atoms with van der Waals surface area (Å²) in [7, 11) is 0. The van der Waals surface area contributed by atoms with Crippen LogP contribution < -0.4 is 14.4 Å². The molecule has 0 spiro atoms. The molecule has 3 aromatic rings. The Morgan fingerprint density at radius 2 is 1.77 bits per heavy atom. The first-order chi connectivity index (χ1) is 14.9. The van der Waals surface area contributed by atoms with E-state index in [9.17, 15) is 14.7 Å². The van der Waals surface area contributed by atoms with E-state index in [4.69, 9.17) is 13.9 Å². The van der Waals surface area contributed by atoms with Crippen molar-refractivity contribution in [2.45, 2.75) is 13.0 Å². The fraction of sp³-hybridized carbons (Fsp3) is 0.130. The van der Waals surface area contributed by atoms with Gasteiger partial charge in [-0.05, 0) is 61.5 Å². The summed E-state index contributed by atoms with van der Waals surface area (Å²) in [4.78, 5) is 27.5. The number of rotatable bonds is 3. The van der Waals surface area contributed by atoms with Crippen molar-refractivity contribution in [1.29, 1.82) is 0 Å². The monoisotopic (exact) mass is 481 g/mol. The highest BCUT2D eigenvalue weighted by Crippen LogP contribution is 2.44. The summed E-state index contributed by atoms with van der Waals surface area (Å²) in [6, 6.07) is 14.4. The maximum Gasteiger partial charge on any atom is 0.300 e. The molecule has 1 fully saturated rings. The van der Waals surface area contributed by atoms with Crippen molar-refractivity contribution in [2.24, 2.45) is 0 Å². The van der Waals surface area contributed by atoms with Crippen molar-refractivity contribution in [2.75, 3.05) is 11.7 Å². The number of Topliss-reactive ketones (excluding diaryl/α,β-unsaturated/α-hetero) is 1. The Hall–Kier alpha value is -3.52. The quantitative estimate of drug-likeness (QED) is 0.331. The Labute approximate surface area is 185 Å². The fourth-order valence-electron chi connectivity index (χ4n) is 3.77. The number of hydrogen-bond donors (Lipinski definition) is 1. The summed E-state index contributed by atoms with van der Waals surface area (Å²) in [5, 5.41) is 11.1. The largest absolute Gasteiger partial charge is 0.507 e. The fourth-order valence-corrected chi connectivity index (χ4v) is 4.03. The van der Waals surface area contributed by atoms with Gasteiger partial charge in [0.1, 0.15) is 23.3 Å². The zero-order chi connectivity index (χ0) is 21.7. The molecule has 0 saturated carbocycles. The number of ketones is 1. The normalized spacial score (nSPS) is 19.3. The summed E-state index contributed by atoms with van der Waals surface area (Å²) in [6.45, 7) is 1.85. The number of carbonyl (C=O) groups excluding carboxylic acids is 2. The summed E-state index contributed by atoms with van der Waals surface area (Å²) in [6.07, 6.45) is 0. The molecule has 0 aliphatic carbocycles. The van der Waals surface area contributed by atoms with Gasteiger partial charge in [0, 0.05) is 15.7 Å². The Morgan fingerprint density at radius 3 is 2.48 bits per heavy atom. The first-order valence-corrected chi connectivity index (χ1v) is 10.3. The highest BCUT2D eigenvalue weighted by molar-refractivity contribution is 9.10. The minimum Gasteiger partial charge on any atom is -0.507 e. The molecule has 1 aromatic heterocycles. The molecule has 2 aliphatic heterocycles. The molecule has 2 aromatic carbocycles. The lowest BCUT2D eigenvalue weighted by molar-refractivity contribution is -0.132. The average molecular weight is 482 g/mol. The number of aliphatic hydroxyl groups excluding tert-OH is 1. The number of carbonyl (C=O) groups is 2. The van der Waals surface area contributed by atoms with Crippen LogP contribution >= 0.6 is 15.9 Å². The van der Waals surface area contributed by atoms with Crippen molar-refractivity contribution in [3.8, 4) is 11.5 Å². The third-order valence-corrected chi connectivity index (χ3v) is 5.75. The van der Waals surface area contributed by atoms with E-state index < -0.39 is 17.7 Å². The van der Waals surface area contributed by atoms with Crippen LogP contribution in [0.3, 0.4) is 0 Å². The van der Waals surface area contributed by atoms with Crippen LogP contribution in [0.25, 0.3) is 5.76 Å². The molecular formula is C23H16BrNO6. The highest BCUT2D eigenvalue weighted by atomic mass is 79.9. The number of aryl methyl sites for hydroxylation is 1. The topological polar surface area (TPSA) is 89.2 Å². The van der Waals surface area contributed by atoms with Gasteiger partial charge in [-0.3, -0.25) is 14.5 Å². The van der Waals surface area contributed by atoms with Gasteiger partial charge < -0.3 is 19.0 Å². The third-order valence-electron chi connectivity index (χ3n) is 5.23. The molecule has 1 atom stereocenters. The molecule has 5 rings (SSSR count). The minimum absolute atomic E-state index is 0.0545. The maximum atomic E-state index is 13.1. The predicted octanol–water partition coefficient (Wildman–Crippen LogP) is 4.71. The van der Waals surface area contributed by atoms with Gasteiger partial charge in [-0.25, -0.2) is 0 Å². The first kappa shape index (κ1) is 19.4. The van der Waals surface area contributed by atoms with E-state index in [1.807, 2.05) is 0 Å². The summed E-state index contributed by atoms with van der Waals surface area (Å²) in [5.74, 6) is 0.152. The molecule has 0 radical (unpaired) electrons. The van der Waals surface area contributed by atoms with Crippen LogP contribution in [0.15, 0.2) is 69.1 Å². The lowest BCUT2D eigenvalue weighted by Crippen LogP contribution is -2.29. The van der Waals surface area contributed by atoms with Crippen LogP contribution in [0.5, 0.6) is 11.5 Å². The third kappa shape index (κ3) is 3.19. The smallest absolute Gasteiger partial charge is 0.300 e. The summed E-state index contributed by atoms with van der Waals surface area (Å²) in [5.41, 5.74) is 0.793. The van der Waals surface area contributed by atoms with E-state index in [-0.39, 0.29) is 18.1 Å². The zero-order valence-corrected chi connectivity index (χ0v) is 17.9. The average Bonchev–Trinajstić information content (AvgIpc) is 3.47. The van der Waals surface area contributed by atoms with Crippen molar-refractivity contribution >= 4 is 39.1 Å². The maximum absolute atomic E-state index is 13.1. The van der Waals surface area contributed by atoms with Gasteiger partial charge in [-0.15, -0.1) is 0 Å². The molecule has 1 unspecified atom stereocenters. The summed E-state index contributed by atoms with van der Waals surface area (Å²) >= 11 is 3.37. The predicted molar refractivity (Wildman–Crippen MR) is 115 cm³/mol. The highest BCUT2D eigenvalue weighted by Gasteiger charge is 2.48. The first-order valence-electron chi connectivity index (χ1n) is 9.47. The van der Waals surface area contributed by atoms with Gasteiger partial charge in [0.15, 0.2) is 11.5 Å². The molecule has 31 heavy (non-hydrogen) atoms. The van der Waals surface area contributed by atoms with E-state index in [1.54, 1.807) is 61.5 Å². The van der Waals surface area contributed by atoms with Crippen molar-refractivity contribution < 1.29 is 28.6 Å². The zero-order valence-electron chi connectivity index (χ0n) is 16.3. The second-order valence-electron chi connectivity index (χ2n) is 7.16. The van der Waals surface area contributed by atoms with Gasteiger partial charge in [0.05, 0.1) is 5.57 Å². The number of furan rings is 1. The van der Waals surface area contributed by atoms with Crippen LogP contribution in [-0.2, 0) is 9.59 Å². The Morgan fingerprint density at radius 1 is 1.03 bits per heavy atom. The van der Waals surface area contributed by atoms with E-state index in [0.29, 0.717) is 34.3 Å². The molecule has 7 nitrogen and oxygen atoms in total. The van der Waals surface area contributed by atoms with Crippen LogP contribution in [0.1, 0.15) is 23.1 Å². The molecule has 0 bridgehead atoms. The molecule has 8 heteroatoms. The van der Waals surface area contributed by atoms with Crippen molar-refractivity contribution in [3.63, 3.8) is 0 Å². The van der Waals surface area contributed by atoms with Crippen LogP contribution in [0, 0.1) is 6.92 Å². The number of ether oxygens (including phenoxy) is 2. The van der Waals surface area contributed by atoms with Crippen LogP contribution in [0.4, 0.5) is 5.69 Å². The van der Waals surface area contributed by atoms with Gasteiger partial charge in [-0.2, -0.15) is 0 Å². The minimum atomic E-state index is -0.916. The Bertz CT molecular complexity index is 1240. The van der Waals surface area contributed by atoms with E-state index >= 15 is 0 Å². The lowest BCUT2D eigenvalue weighted by atomic mass is 9.99. The number of hydrogen-bond acceptors (Lipinski definition) is 6. The second-order valence-corrected chi connectivity index (χ2v) is 8.08. The molecule has 156 valence electrons. The van der Waals surface area contributed by atoms with Gasteiger partial charge in [0.2, 0.25) is 6.79 Å². The number of aliphatic hydroxyl groups is 1. The van der Waals surface area contributed by atoms with E-state index in [1.165, 1.54) is 4.90 Å². The number of amides is 1. The van der Waals surface area contributed by atoms with Gasteiger partial charge in [-0.1, -0.05) is 15.9 Å². The Kier molecular flexibility index (Phi) is 4.59. The molecule has 2 aliphatic rings. The lowest BCUT2D eigenvalue weighted by Gasteiger charge is -2.23. The number of fused-ring (bicyclic) bond motifs is 1. The van der Waals surface area contributed by atoms with Crippen molar-refractivity contribution in [3.05, 3.63) is 81.7 Å². The SMILES string of the molecule is Cc1ccc(C2/C(=C(/O)c3ccc4c(c3)OCO4)C(=O)C(=O)N2c2ccc(Br)cc2)o1. The second kappa shape index (κ2) is 7.31. The van der Waals surface area contributed by atoms with E-state index in [2.05, 4.69) is 15.9 Å². The van der Waals surface area contributed by atoms with Gasteiger partial charge in [0.25, 0.3) is 11.7 Å². The molecular weight excluding hydrogens is 466 g/mol. The van der Waals surface area contributed by atoms with E-state index in [0.717, 1.165) is 4.47 Å². The van der Waals surface area contributed by atoms with Crippen molar-refractivity contribution in [1.82, 2.24) is 0 Å². The molecule has 1 saturated heterocycles. The molecule has 1 amide bonds. The number of halogens is 1. The summed E-state index contributed by atoms with van der Waals surface area (Å²) < 4.78 is 17.3. The molecule has 3 heterocycles. The van der Waals surface area contributed by atoms with Crippen LogP contribution in [0.2, 0.25) is 0 Å². The Balaban J connectivity index is 1.69. The number of benzene rings is 2. The van der Waals surface area contributed by atoms with Gasteiger partial charge >= 0.3 is 0 Å².